The first-order valence-electron chi connectivity index (χ1n) is 7.47. The second kappa shape index (κ2) is 7.37. The molecule has 0 saturated heterocycles. The Labute approximate surface area is 142 Å². The average molecular weight is 343 g/mol. The SMILES string of the molecule is COCCN(Cc1cccs1)C(=O)c1cnc2ccccn2c1=O. The molecular weight excluding hydrogens is 326 g/mol. The normalized spacial score (nSPS) is 10.9. The Hall–Kier alpha value is -2.51. The predicted octanol–water partition coefficient (Wildman–Crippen LogP) is 2.04. The minimum atomic E-state index is -0.362. The summed E-state index contributed by atoms with van der Waals surface area (Å²) in [5.74, 6) is -0.337. The number of thiophene rings is 1. The van der Waals surface area contributed by atoms with Gasteiger partial charge in [0.15, 0.2) is 0 Å². The topological polar surface area (TPSA) is 63.9 Å². The van der Waals surface area contributed by atoms with E-state index in [-0.39, 0.29) is 17.0 Å². The van der Waals surface area contributed by atoms with Gasteiger partial charge in [0.1, 0.15) is 11.2 Å². The summed E-state index contributed by atoms with van der Waals surface area (Å²) in [5, 5.41) is 1.96. The minimum absolute atomic E-state index is 0.0614. The van der Waals surface area contributed by atoms with E-state index in [2.05, 4.69) is 4.98 Å². The third-order valence-electron chi connectivity index (χ3n) is 3.62. The van der Waals surface area contributed by atoms with Crippen molar-refractivity contribution in [1.82, 2.24) is 14.3 Å². The van der Waals surface area contributed by atoms with E-state index in [9.17, 15) is 9.59 Å². The molecule has 3 rings (SSSR count). The second-order valence-corrected chi connectivity index (χ2v) is 6.24. The fourth-order valence-electron chi connectivity index (χ4n) is 2.39. The zero-order valence-electron chi connectivity index (χ0n) is 13.2. The molecule has 1 amide bonds. The van der Waals surface area contributed by atoms with Crippen molar-refractivity contribution in [2.45, 2.75) is 6.54 Å². The van der Waals surface area contributed by atoms with E-state index in [1.807, 2.05) is 17.5 Å². The van der Waals surface area contributed by atoms with Crippen LogP contribution < -0.4 is 5.56 Å². The van der Waals surface area contributed by atoms with Crippen LogP contribution in [-0.4, -0.2) is 40.5 Å². The molecule has 0 unspecified atom stereocenters. The number of carbonyl (C=O) groups is 1. The van der Waals surface area contributed by atoms with Crippen LogP contribution in [0.15, 0.2) is 52.9 Å². The van der Waals surface area contributed by atoms with E-state index in [0.717, 1.165) is 4.88 Å². The number of methoxy groups -OCH3 is 1. The highest BCUT2D eigenvalue weighted by Crippen LogP contribution is 2.13. The van der Waals surface area contributed by atoms with Crippen LogP contribution in [0.1, 0.15) is 15.2 Å². The quantitative estimate of drug-likeness (QED) is 0.687. The van der Waals surface area contributed by atoms with E-state index in [1.54, 1.807) is 47.7 Å². The average Bonchev–Trinajstić information content (AvgIpc) is 3.12. The molecule has 24 heavy (non-hydrogen) atoms. The summed E-state index contributed by atoms with van der Waals surface area (Å²) in [6.45, 7) is 1.25. The summed E-state index contributed by atoms with van der Waals surface area (Å²) >= 11 is 1.57. The van der Waals surface area contributed by atoms with E-state index in [0.29, 0.717) is 25.3 Å². The van der Waals surface area contributed by atoms with Crippen LogP contribution in [-0.2, 0) is 11.3 Å². The molecule has 124 valence electrons. The predicted molar refractivity (Wildman–Crippen MR) is 92.4 cm³/mol. The molecule has 0 aliphatic carbocycles. The molecule has 0 fully saturated rings. The Morgan fingerprint density at radius 2 is 2.21 bits per heavy atom. The van der Waals surface area contributed by atoms with Crippen molar-refractivity contribution in [2.75, 3.05) is 20.3 Å². The zero-order valence-corrected chi connectivity index (χ0v) is 14.0. The van der Waals surface area contributed by atoms with Crippen LogP contribution in [0.25, 0.3) is 5.65 Å². The number of hydrogen-bond donors (Lipinski definition) is 0. The number of amides is 1. The Morgan fingerprint density at radius 3 is 2.96 bits per heavy atom. The fourth-order valence-corrected chi connectivity index (χ4v) is 3.11. The molecule has 3 aromatic rings. The molecule has 7 heteroatoms. The summed E-state index contributed by atoms with van der Waals surface area (Å²) in [6, 6.07) is 9.16. The number of ether oxygens (including phenoxy) is 1. The Balaban J connectivity index is 1.94. The first-order chi connectivity index (χ1) is 11.7. The standard InChI is InChI=1S/C17H17N3O3S/c1-23-9-8-19(12-13-5-4-10-24-13)16(21)14-11-18-15-6-2-3-7-20(15)17(14)22/h2-7,10-11H,8-9,12H2,1H3. The van der Waals surface area contributed by atoms with Gasteiger partial charge in [0, 0.05) is 30.9 Å². The van der Waals surface area contributed by atoms with Gasteiger partial charge in [-0.2, -0.15) is 0 Å². The first kappa shape index (κ1) is 16.4. The van der Waals surface area contributed by atoms with E-state index < -0.39 is 0 Å². The molecule has 0 saturated carbocycles. The van der Waals surface area contributed by atoms with Crippen molar-refractivity contribution in [3.8, 4) is 0 Å². The molecule has 0 spiro atoms. The van der Waals surface area contributed by atoms with Crippen molar-refractivity contribution in [1.29, 1.82) is 0 Å². The largest absolute Gasteiger partial charge is 0.383 e. The molecule has 3 heterocycles. The monoisotopic (exact) mass is 343 g/mol. The van der Waals surface area contributed by atoms with Gasteiger partial charge in [-0.1, -0.05) is 12.1 Å². The van der Waals surface area contributed by atoms with Crippen LogP contribution >= 0.6 is 11.3 Å². The lowest BCUT2D eigenvalue weighted by atomic mass is 10.2. The Bertz CT molecular complexity index is 889. The lowest BCUT2D eigenvalue weighted by molar-refractivity contribution is 0.0680. The molecule has 3 aromatic heterocycles. The van der Waals surface area contributed by atoms with Crippen LogP contribution in [0.5, 0.6) is 0 Å². The maximum atomic E-state index is 12.9. The van der Waals surface area contributed by atoms with Gasteiger partial charge in [-0.3, -0.25) is 14.0 Å². The van der Waals surface area contributed by atoms with Gasteiger partial charge in [0.05, 0.1) is 13.2 Å². The first-order valence-corrected chi connectivity index (χ1v) is 8.35. The summed E-state index contributed by atoms with van der Waals surface area (Å²) in [5.41, 5.74) is 0.214. The number of pyridine rings is 1. The molecule has 0 aliphatic rings. The van der Waals surface area contributed by atoms with Crippen molar-refractivity contribution in [3.63, 3.8) is 0 Å². The van der Waals surface area contributed by atoms with Gasteiger partial charge in [0.25, 0.3) is 11.5 Å². The molecular formula is C17H17N3O3S. The summed E-state index contributed by atoms with van der Waals surface area (Å²) < 4.78 is 6.47. The number of aromatic nitrogens is 2. The number of nitrogens with zero attached hydrogens (tertiary/aromatic N) is 3. The van der Waals surface area contributed by atoms with Gasteiger partial charge in [-0.25, -0.2) is 4.98 Å². The van der Waals surface area contributed by atoms with Crippen molar-refractivity contribution in [2.24, 2.45) is 0 Å². The summed E-state index contributed by atoms with van der Waals surface area (Å²) in [7, 11) is 1.58. The molecule has 0 aromatic carbocycles. The summed E-state index contributed by atoms with van der Waals surface area (Å²) in [6.07, 6.45) is 2.97. The van der Waals surface area contributed by atoms with E-state index in [1.165, 1.54) is 10.6 Å². The third-order valence-corrected chi connectivity index (χ3v) is 4.48. The van der Waals surface area contributed by atoms with Crippen molar-refractivity contribution >= 4 is 22.9 Å². The second-order valence-electron chi connectivity index (χ2n) is 5.20. The lowest BCUT2D eigenvalue weighted by Crippen LogP contribution is -2.37. The molecule has 6 nitrogen and oxygen atoms in total. The smallest absolute Gasteiger partial charge is 0.270 e. The van der Waals surface area contributed by atoms with Crippen LogP contribution in [0.4, 0.5) is 0 Å². The van der Waals surface area contributed by atoms with Crippen molar-refractivity contribution in [3.05, 3.63) is 68.9 Å². The Morgan fingerprint density at radius 1 is 1.33 bits per heavy atom. The van der Waals surface area contributed by atoms with Crippen LogP contribution in [0.3, 0.4) is 0 Å². The third kappa shape index (κ3) is 3.37. The number of hydrogen-bond acceptors (Lipinski definition) is 5. The molecule has 0 radical (unpaired) electrons. The maximum Gasteiger partial charge on any atom is 0.270 e. The van der Waals surface area contributed by atoms with Gasteiger partial charge in [-0.05, 0) is 23.6 Å². The minimum Gasteiger partial charge on any atom is -0.383 e. The zero-order chi connectivity index (χ0) is 16.9. The lowest BCUT2D eigenvalue weighted by Gasteiger charge is -2.21. The molecule has 0 atom stereocenters. The molecule has 0 aliphatic heterocycles. The fraction of sp³-hybridized carbons (Fsp3) is 0.235. The van der Waals surface area contributed by atoms with E-state index in [4.69, 9.17) is 4.74 Å². The van der Waals surface area contributed by atoms with Gasteiger partial charge < -0.3 is 9.64 Å². The Kier molecular flexibility index (Phi) is 5.02. The number of carbonyl (C=O) groups excluding carboxylic acids is 1. The number of fused-ring (bicyclic) bond motifs is 1. The van der Waals surface area contributed by atoms with Crippen LogP contribution in [0.2, 0.25) is 0 Å². The highest BCUT2D eigenvalue weighted by molar-refractivity contribution is 7.09. The highest BCUT2D eigenvalue weighted by Gasteiger charge is 2.20. The van der Waals surface area contributed by atoms with Gasteiger partial charge in [-0.15, -0.1) is 11.3 Å². The summed E-state index contributed by atoms with van der Waals surface area (Å²) in [4.78, 5) is 32.3. The molecule has 0 bridgehead atoms. The van der Waals surface area contributed by atoms with E-state index >= 15 is 0 Å². The van der Waals surface area contributed by atoms with Gasteiger partial charge in [0.2, 0.25) is 0 Å². The maximum absolute atomic E-state index is 12.9. The van der Waals surface area contributed by atoms with Gasteiger partial charge >= 0.3 is 0 Å². The van der Waals surface area contributed by atoms with Crippen LogP contribution in [0, 0.1) is 0 Å². The van der Waals surface area contributed by atoms with Crippen molar-refractivity contribution < 1.29 is 9.53 Å². The number of rotatable bonds is 6. The molecule has 0 N–H and O–H groups in total. The highest BCUT2D eigenvalue weighted by atomic mass is 32.1.